The van der Waals surface area contributed by atoms with E-state index >= 15 is 0 Å². The molecule has 3 aliphatic carbocycles. The predicted octanol–water partition coefficient (Wildman–Crippen LogP) is 16.1. The highest BCUT2D eigenvalue weighted by Crippen LogP contribution is 2.58. The number of hydrogen-bond donors (Lipinski definition) is 0. The first-order valence-corrected chi connectivity index (χ1v) is 22.4. The lowest BCUT2D eigenvalue weighted by molar-refractivity contribution is 0.652. The molecule has 0 amide bonds. The Morgan fingerprint density at radius 1 is 0.429 bits per heavy atom. The van der Waals surface area contributed by atoms with Crippen molar-refractivity contribution in [2.75, 3.05) is 4.90 Å². The minimum atomic E-state index is -0.485. The van der Waals surface area contributed by atoms with Gasteiger partial charge in [0.25, 0.3) is 0 Å². The Kier molecular flexibility index (Phi) is 8.63. The van der Waals surface area contributed by atoms with E-state index < -0.39 is 5.41 Å². The molecule has 0 bridgehead atoms. The van der Waals surface area contributed by atoms with E-state index in [4.69, 9.17) is 0 Å². The maximum atomic E-state index is 2.55. The van der Waals surface area contributed by atoms with Crippen LogP contribution < -0.4 is 4.90 Å². The van der Waals surface area contributed by atoms with E-state index in [1.807, 2.05) is 0 Å². The molecule has 9 aromatic carbocycles. The Bertz CT molecular complexity index is 3260. The molecule has 0 unspecified atom stereocenters. The standard InChI is InChI=1S/C62H47N/c1-61(2)54-32-16-15-31-53(54)60-56(61)34-19-35-58(60)63(47-26-10-5-11-27-47)48-28-18-21-43(40-48)50-38-36-42-20-12-13-29-49(42)59(50)44-37-39-52-51-30-14-17-33-55(51)62(57(52)41-44,45-22-6-3-7-23-45)46-24-8-4-9-25-46/h3-18,20-34,36-41H,19,35H2,1-2H3. The molecule has 0 radical (unpaired) electrons. The molecule has 1 nitrogen and oxygen atoms in total. The van der Waals surface area contributed by atoms with Crippen LogP contribution in [0.15, 0.2) is 236 Å². The summed E-state index contributed by atoms with van der Waals surface area (Å²) < 4.78 is 0. The fourth-order valence-corrected chi connectivity index (χ4v) is 11.5. The lowest BCUT2D eigenvalue weighted by Gasteiger charge is -2.34. The molecule has 9 aromatic rings. The zero-order valence-electron chi connectivity index (χ0n) is 35.7. The predicted molar refractivity (Wildman–Crippen MR) is 264 cm³/mol. The van der Waals surface area contributed by atoms with E-state index in [9.17, 15) is 0 Å². The van der Waals surface area contributed by atoms with E-state index in [2.05, 4.69) is 243 Å². The third kappa shape index (κ3) is 5.62. The fraction of sp³-hybridized carbons (Fsp3) is 0.0968. The van der Waals surface area contributed by atoms with E-state index in [-0.39, 0.29) is 5.41 Å². The number of hydrogen-bond acceptors (Lipinski definition) is 1. The van der Waals surface area contributed by atoms with Crippen molar-refractivity contribution < 1.29 is 0 Å². The number of para-hydroxylation sites is 1. The van der Waals surface area contributed by atoms with Crippen LogP contribution in [-0.2, 0) is 10.8 Å². The molecule has 0 atom stereocenters. The van der Waals surface area contributed by atoms with Crippen LogP contribution in [0.2, 0.25) is 0 Å². The normalized spacial score (nSPS) is 15.3. The van der Waals surface area contributed by atoms with Crippen LogP contribution in [0.5, 0.6) is 0 Å². The Morgan fingerprint density at radius 3 is 1.79 bits per heavy atom. The van der Waals surface area contributed by atoms with Gasteiger partial charge in [0.15, 0.2) is 0 Å². The third-order valence-electron chi connectivity index (χ3n) is 14.2. The number of fused-ring (bicyclic) bond motifs is 7. The van der Waals surface area contributed by atoms with Gasteiger partial charge in [-0.15, -0.1) is 0 Å². The van der Waals surface area contributed by atoms with Crippen LogP contribution in [0.4, 0.5) is 11.4 Å². The van der Waals surface area contributed by atoms with E-state index in [0.29, 0.717) is 0 Å². The van der Waals surface area contributed by atoms with Gasteiger partial charge in [-0.3, -0.25) is 0 Å². The number of allylic oxidation sites excluding steroid dienone is 4. The van der Waals surface area contributed by atoms with E-state index in [1.165, 1.54) is 106 Å². The Morgan fingerprint density at radius 2 is 1.03 bits per heavy atom. The van der Waals surface area contributed by atoms with Gasteiger partial charge in [-0.2, -0.15) is 0 Å². The van der Waals surface area contributed by atoms with Crippen LogP contribution in [-0.4, -0.2) is 0 Å². The minimum absolute atomic E-state index is 0.0579. The summed E-state index contributed by atoms with van der Waals surface area (Å²) in [7, 11) is 0. The molecular weight excluding hydrogens is 759 g/mol. The van der Waals surface area contributed by atoms with Crippen molar-refractivity contribution in [3.8, 4) is 33.4 Å². The van der Waals surface area contributed by atoms with Gasteiger partial charge in [0.1, 0.15) is 0 Å². The zero-order chi connectivity index (χ0) is 42.1. The maximum Gasteiger partial charge on any atom is 0.0713 e. The zero-order valence-corrected chi connectivity index (χ0v) is 35.7. The van der Waals surface area contributed by atoms with Crippen molar-refractivity contribution in [1.29, 1.82) is 0 Å². The monoisotopic (exact) mass is 805 g/mol. The molecule has 0 saturated carbocycles. The maximum absolute atomic E-state index is 2.55. The van der Waals surface area contributed by atoms with Crippen molar-refractivity contribution in [1.82, 2.24) is 0 Å². The Balaban J connectivity index is 1.08. The lowest BCUT2D eigenvalue weighted by atomic mass is 9.67. The lowest BCUT2D eigenvalue weighted by Crippen LogP contribution is -2.28. The minimum Gasteiger partial charge on any atom is -0.314 e. The quantitative estimate of drug-likeness (QED) is 0.155. The molecule has 12 rings (SSSR count). The highest BCUT2D eigenvalue weighted by atomic mass is 15.2. The second kappa shape index (κ2) is 14.6. The third-order valence-corrected chi connectivity index (χ3v) is 14.2. The summed E-state index contributed by atoms with van der Waals surface area (Å²) >= 11 is 0. The van der Waals surface area contributed by atoms with Crippen LogP contribution in [0.1, 0.15) is 60.1 Å². The van der Waals surface area contributed by atoms with Crippen molar-refractivity contribution in [3.05, 3.63) is 269 Å². The Hall–Kier alpha value is -7.48. The summed E-state index contributed by atoms with van der Waals surface area (Å²) in [5, 5.41) is 2.48. The molecule has 0 fully saturated rings. The topological polar surface area (TPSA) is 3.24 Å². The van der Waals surface area contributed by atoms with Crippen molar-refractivity contribution in [3.63, 3.8) is 0 Å². The van der Waals surface area contributed by atoms with Crippen LogP contribution >= 0.6 is 0 Å². The van der Waals surface area contributed by atoms with Crippen LogP contribution in [0.3, 0.4) is 0 Å². The van der Waals surface area contributed by atoms with Gasteiger partial charge in [0.05, 0.1) is 5.41 Å². The summed E-state index contributed by atoms with van der Waals surface area (Å²) in [5.41, 5.74) is 21.4. The largest absolute Gasteiger partial charge is 0.314 e. The summed E-state index contributed by atoms with van der Waals surface area (Å²) in [6.45, 7) is 4.79. The second-order valence-electron chi connectivity index (χ2n) is 17.9. The summed E-state index contributed by atoms with van der Waals surface area (Å²) in [6, 6.07) is 81.5. The van der Waals surface area contributed by atoms with Crippen LogP contribution in [0, 0.1) is 0 Å². The molecule has 63 heavy (non-hydrogen) atoms. The van der Waals surface area contributed by atoms with Gasteiger partial charge in [-0.25, -0.2) is 0 Å². The van der Waals surface area contributed by atoms with Crippen molar-refractivity contribution in [2.24, 2.45) is 0 Å². The van der Waals surface area contributed by atoms with Crippen LogP contribution in [0.25, 0.3) is 49.7 Å². The molecule has 0 N–H and O–H groups in total. The molecule has 0 spiro atoms. The van der Waals surface area contributed by atoms with E-state index in [1.54, 1.807) is 0 Å². The van der Waals surface area contributed by atoms with Gasteiger partial charge in [-0.1, -0.05) is 208 Å². The van der Waals surface area contributed by atoms with Gasteiger partial charge >= 0.3 is 0 Å². The first-order valence-electron chi connectivity index (χ1n) is 22.4. The van der Waals surface area contributed by atoms with Gasteiger partial charge in [-0.05, 0) is 126 Å². The Labute approximate surface area is 371 Å². The highest BCUT2D eigenvalue weighted by molar-refractivity contribution is 6.05. The molecular formula is C62H47N. The number of benzene rings is 9. The van der Waals surface area contributed by atoms with Crippen molar-refractivity contribution >= 4 is 27.7 Å². The first kappa shape index (κ1) is 37.3. The summed E-state index contributed by atoms with van der Waals surface area (Å²) in [6.07, 6.45) is 4.48. The number of anilines is 2. The molecule has 300 valence electrons. The molecule has 3 aliphatic rings. The average Bonchev–Trinajstić information content (AvgIpc) is 3.78. The molecule has 1 heteroatoms. The van der Waals surface area contributed by atoms with Gasteiger partial charge in [0.2, 0.25) is 0 Å². The SMILES string of the molecule is CC1(C)C2=CCCC(N(c3ccccc3)c3cccc(-c4ccc5ccccc5c4-c4ccc5c(c4)C(c4ccccc4)(c4ccccc4)c4ccccc4-5)c3)=C2c2ccccc21. The molecule has 0 aromatic heterocycles. The van der Waals surface area contributed by atoms with E-state index in [0.717, 1.165) is 12.8 Å². The summed E-state index contributed by atoms with van der Waals surface area (Å²) in [5.74, 6) is 0. The molecule has 0 heterocycles. The highest BCUT2D eigenvalue weighted by Gasteiger charge is 2.46. The van der Waals surface area contributed by atoms with Gasteiger partial charge in [0, 0.05) is 28.1 Å². The molecule has 0 saturated heterocycles. The average molecular weight is 806 g/mol. The smallest absolute Gasteiger partial charge is 0.0713 e. The molecule has 0 aliphatic heterocycles. The number of rotatable bonds is 7. The van der Waals surface area contributed by atoms with Crippen molar-refractivity contribution in [2.45, 2.75) is 37.5 Å². The van der Waals surface area contributed by atoms with Gasteiger partial charge < -0.3 is 4.90 Å². The first-order chi connectivity index (χ1) is 31.0. The fourth-order valence-electron chi connectivity index (χ4n) is 11.5. The second-order valence-corrected chi connectivity index (χ2v) is 17.9. The number of nitrogens with zero attached hydrogens (tertiary/aromatic N) is 1. The summed E-state index contributed by atoms with van der Waals surface area (Å²) in [4.78, 5) is 2.55.